The number of nitrogens with zero attached hydrogens (tertiary/aromatic N) is 2. The molecule has 1 aliphatic rings. The second kappa shape index (κ2) is 10.1. The first-order valence-electron chi connectivity index (χ1n) is 10.6. The van der Waals surface area contributed by atoms with Gasteiger partial charge in [0.15, 0.2) is 0 Å². The predicted octanol–water partition coefficient (Wildman–Crippen LogP) is 3.95. The summed E-state index contributed by atoms with van der Waals surface area (Å²) in [4.78, 5) is 31.3. The van der Waals surface area contributed by atoms with Crippen LogP contribution in [0.15, 0.2) is 72.9 Å². The summed E-state index contributed by atoms with van der Waals surface area (Å²) in [5.74, 6) is 0.0623. The Kier molecular flexibility index (Phi) is 6.77. The highest BCUT2D eigenvalue weighted by molar-refractivity contribution is 6.05. The molecule has 0 saturated carbocycles. The van der Waals surface area contributed by atoms with Gasteiger partial charge < -0.3 is 19.7 Å². The smallest absolute Gasteiger partial charge is 0.257 e. The van der Waals surface area contributed by atoms with Crippen LogP contribution in [0.1, 0.15) is 39.3 Å². The van der Waals surface area contributed by atoms with Gasteiger partial charge in [-0.05, 0) is 36.8 Å². The van der Waals surface area contributed by atoms with E-state index in [1.807, 2.05) is 37.3 Å². The number of anilines is 1. The zero-order chi connectivity index (χ0) is 22.3. The molecule has 32 heavy (non-hydrogen) atoms. The van der Waals surface area contributed by atoms with Gasteiger partial charge in [-0.25, -0.2) is 4.98 Å². The molecule has 7 heteroatoms. The molecule has 1 N–H and O–H groups in total. The molecule has 1 aromatic heterocycles. The highest BCUT2D eigenvalue weighted by Crippen LogP contribution is 2.20. The summed E-state index contributed by atoms with van der Waals surface area (Å²) >= 11 is 0. The number of aromatic nitrogens is 1. The van der Waals surface area contributed by atoms with Crippen LogP contribution >= 0.6 is 0 Å². The van der Waals surface area contributed by atoms with Gasteiger partial charge in [-0.2, -0.15) is 0 Å². The van der Waals surface area contributed by atoms with Crippen LogP contribution in [-0.4, -0.2) is 48.0 Å². The summed E-state index contributed by atoms with van der Waals surface area (Å²) < 4.78 is 11.2. The molecular weight excluding hydrogens is 406 g/mol. The third-order valence-electron chi connectivity index (χ3n) is 5.23. The van der Waals surface area contributed by atoms with Crippen LogP contribution in [0, 0.1) is 0 Å². The van der Waals surface area contributed by atoms with E-state index in [-0.39, 0.29) is 17.9 Å². The van der Waals surface area contributed by atoms with Crippen LogP contribution in [0.5, 0.6) is 5.88 Å². The topological polar surface area (TPSA) is 80.8 Å². The first-order valence-corrected chi connectivity index (χ1v) is 10.6. The number of nitrogens with one attached hydrogen (secondary N) is 1. The third-order valence-corrected chi connectivity index (χ3v) is 5.23. The van der Waals surface area contributed by atoms with E-state index in [1.54, 1.807) is 41.3 Å². The second-order valence-electron chi connectivity index (χ2n) is 7.50. The first kappa shape index (κ1) is 21.5. The molecule has 0 spiro atoms. The Labute approximate surface area is 187 Å². The zero-order valence-electron chi connectivity index (χ0n) is 17.9. The number of hydrogen-bond donors (Lipinski definition) is 1. The number of benzene rings is 2. The highest BCUT2D eigenvalue weighted by Gasteiger charge is 2.19. The number of pyridine rings is 1. The van der Waals surface area contributed by atoms with Crippen molar-refractivity contribution >= 4 is 17.5 Å². The van der Waals surface area contributed by atoms with Crippen molar-refractivity contribution in [2.45, 2.75) is 13.0 Å². The summed E-state index contributed by atoms with van der Waals surface area (Å²) in [6.07, 6.45) is 1.32. The molecule has 1 aliphatic heterocycles. The largest absolute Gasteiger partial charge is 0.470 e. The van der Waals surface area contributed by atoms with Gasteiger partial charge in [-0.1, -0.05) is 36.4 Å². The number of carbonyl (C=O) groups is 2. The van der Waals surface area contributed by atoms with Gasteiger partial charge in [0, 0.05) is 36.6 Å². The van der Waals surface area contributed by atoms with Gasteiger partial charge in [0.05, 0.1) is 18.8 Å². The van der Waals surface area contributed by atoms with Gasteiger partial charge in [-0.3, -0.25) is 9.59 Å². The molecule has 7 nitrogen and oxygen atoms in total. The van der Waals surface area contributed by atoms with Crippen molar-refractivity contribution in [1.82, 2.24) is 9.88 Å². The second-order valence-corrected chi connectivity index (χ2v) is 7.50. The summed E-state index contributed by atoms with van der Waals surface area (Å²) in [6, 6.07) is 20.1. The summed E-state index contributed by atoms with van der Waals surface area (Å²) in [7, 11) is 0. The van der Waals surface area contributed by atoms with Crippen molar-refractivity contribution in [3.8, 4) is 5.88 Å². The van der Waals surface area contributed by atoms with E-state index in [4.69, 9.17) is 9.47 Å². The fourth-order valence-electron chi connectivity index (χ4n) is 3.44. The standard InChI is InChI=1S/C25H25N3O4/c1-18(19-6-3-2-4-7-19)32-23-11-10-21(17-26-23)24(29)27-22-9-5-8-20(16-22)25(30)28-12-14-31-15-13-28/h2-11,16-18H,12-15H2,1H3,(H,27,29)/t18-/m1/s1. The normalized spacial score (nSPS) is 14.5. The summed E-state index contributed by atoms with van der Waals surface area (Å²) in [6.45, 7) is 4.16. The Morgan fingerprint density at radius 1 is 1.00 bits per heavy atom. The van der Waals surface area contributed by atoms with Crippen molar-refractivity contribution in [2.75, 3.05) is 31.6 Å². The molecule has 4 rings (SSSR count). The Morgan fingerprint density at radius 2 is 1.78 bits per heavy atom. The lowest BCUT2D eigenvalue weighted by molar-refractivity contribution is 0.0303. The van der Waals surface area contributed by atoms with Gasteiger partial charge in [0.2, 0.25) is 5.88 Å². The average molecular weight is 431 g/mol. The maximum atomic E-state index is 12.7. The number of carbonyl (C=O) groups excluding carboxylic acids is 2. The van der Waals surface area contributed by atoms with Gasteiger partial charge >= 0.3 is 0 Å². The first-order chi connectivity index (χ1) is 15.6. The van der Waals surface area contributed by atoms with Crippen LogP contribution in [0.2, 0.25) is 0 Å². The fourth-order valence-corrected chi connectivity index (χ4v) is 3.44. The van der Waals surface area contributed by atoms with E-state index in [9.17, 15) is 9.59 Å². The quantitative estimate of drug-likeness (QED) is 0.639. The number of hydrogen-bond acceptors (Lipinski definition) is 5. The molecule has 2 heterocycles. The molecule has 2 amide bonds. The van der Waals surface area contributed by atoms with Crippen molar-refractivity contribution in [2.24, 2.45) is 0 Å². The van der Waals surface area contributed by atoms with Gasteiger partial charge in [0.25, 0.3) is 11.8 Å². The third kappa shape index (κ3) is 5.31. The summed E-state index contributed by atoms with van der Waals surface area (Å²) in [5.41, 5.74) is 2.52. The van der Waals surface area contributed by atoms with Crippen molar-refractivity contribution < 1.29 is 19.1 Å². The van der Waals surface area contributed by atoms with Crippen LogP contribution in [0.4, 0.5) is 5.69 Å². The van der Waals surface area contributed by atoms with E-state index in [2.05, 4.69) is 10.3 Å². The molecule has 1 fully saturated rings. The Bertz CT molecular complexity index is 1060. The lowest BCUT2D eigenvalue weighted by Gasteiger charge is -2.27. The lowest BCUT2D eigenvalue weighted by atomic mass is 10.1. The molecule has 3 aromatic rings. The van der Waals surface area contributed by atoms with Crippen LogP contribution in [0.3, 0.4) is 0 Å². The van der Waals surface area contributed by atoms with E-state index >= 15 is 0 Å². The average Bonchev–Trinajstić information content (AvgIpc) is 2.85. The van der Waals surface area contributed by atoms with E-state index in [1.165, 1.54) is 6.20 Å². The van der Waals surface area contributed by atoms with Crippen molar-refractivity contribution in [3.63, 3.8) is 0 Å². The molecular formula is C25H25N3O4. The molecule has 1 atom stereocenters. The minimum Gasteiger partial charge on any atom is -0.470 e. The van der Waals surface area contributed by atoms with Crippen molar-refractivity contribution in [3.05, 3.63) is 89.6 Å². The minimum atomic E-state index is -0.309. The molecule has 0 unspecified atom stereocenters. The number of rotatable bonds is 6. The maximum Gasteiger partial charge on any atom is 0.257 e. The number of amides is 2. The molecule has 0 aliphatic carbocycles. The molecule has 0 radical (unpaired) electrons. The minimum absolute atomic E-state index is 0.0693. The lowest BCUT2D eigenvalue weighted by Crippen LogP contribution is -2.40. The Hall–Kier alpha value is -3.71. The molecule has 164 valence electrons. The molecule has 1 saturated heterocycles. The monoisotopic (exact) mass is 431 g/mol. The fraction of sp³-hybridized carbons (Fsp3) is 0.240. The van der Waals surface area contributed by atoms with E-state index < -0.39 is 0 Å². The van der Waals surface area contributed by atoms with E-state index in [0.29, 0.717) is 49.0 Å². The van der Waals surface area contributed by atoms with Gasteiger partial charge in [-0.15, -0.1) is 0 Å². The number of ether oxygens (including phenoxy) is 2. The predicted molar refractivity (Wildman–Crippen MR) is 121 cm³/mol. The van der Waals surface area contributed by atoms with E-state index in [0.717, 1.165) is 5.56 Å². The zero-order valence-corrected chi connectivity index (χ0v) is 17.9. The van der Waals surface area contributed by atoms with Crippen LogP contribution in [0.25, 0.3) is 0 Å². The van der Waals surface area contributed by atoms with Crippen LogP contribution in [-0.2, 0) is 4.74 Å². The van der Waals surface area contributed by atoms with Gasteiger partial charge in [0.1, 0.15) is 6.10 Å². The molecule has 0 bridgehead atoms. The Balaban J connectivity index is 1.38. The van der Waals surface area contributed by atoms with Crippen molar-refractivity contribution in [1.29, 1.82) is 0 Å². The summed E-state index contributed by atoms with van der Waals surface area (Å²) in [5, 5.41) is 2.83. The molecule has 2 aromatic carbocycles. The highest BCUT2D eigenvalue weighted by atomic mass is 16.5. The SMILES string of the molecule is C[C@@H](Oc1ccc(C(=O)Nc2cccc(C(=O)N3CCOCC3)c2)cn1)c1ccccc1. The number of morpholine rings is 1. The van der Waals surface area contributed by atoms with Crippen LogP contribution < -0.4 is 10.1 Å². The Morgan fingerprint density at radius 3 is 2.50 bits per heavy atom. The maximum absolute atomic E-state index is 12.7.